The molecule has 4 nitrogen and oxygen atoms in total. The minimum atomic E-state index is 0.328. The molecular weight excluding hydrogens is 274 g/mol. The van der Waals surface area contributed by atoms with Crippen LogP contribution in [0.3, 0.4) is 0 Å². The molecule has 2 fully saturated rings. The minimum absolute atomic E-state index is 0.328. The second-order valence-electron chi connectivity index (χ2n) is 6.60. The van der Waals surface area contributed by atoms with E-state index < -0.39 is 0 Å². The first-order valence-corrected chi connectivity index (χ1v) is 7.75. The van der Waals surface area contributed by atoms with Crippen LogP contribution >= 0.6 is 0 Å². The van der Waals surface area contributed by atoms with Gasteiger partial charge in [-0.3, -0.25) is 0 Å². The van der Waals surface area contributed by atoms with Gasteiger partial charge < -0.3 is 20.6 Å². The Balaban J connectivity index is 1.35. The third-order valence-corrected chi connectivity index (χ3v) is 4.86. The molecule has 4 rings (SSSR count). The van der Waals surface area contributed by atoms with Gasteiger partial charge in [0.25, 0.3) is 0 Å². The number of hydrogen-bond donors (Lipinski definition) is 2. The minimum Gasteiger partial charge on any atom is -0.508 e. The molecule has 114 valence electrons. The van der Waals surface area contributed by atoms with Crippen LogP contribution in [-0.4, -0.2) is 31.3 Å². The van der Waals surface area contributed by atoms with Crippen LogP contribution in [-0.2, 0) is 6.54 Å². The van der Waals surface area contributed by atoms with E-state index in [2.05, 4.69) is 34.1 Å². The van der Waals surface area contributed by atoms with Gasteiger partial charge in [0.15, 0.2) is 0 Å². The second-order valence-corrected chi connectivity index (χ2v) is 6.60. The summed E-state index contributed by atoms with van der Waals surface area (Å²) in [6.45, 7) is 5.07. The quantitative estimate of drug-likeness (QED) is 0.911. The molecule has 0 saturated carbocycles. The van der Waals surface area contributed by atoms with Crippen molar-refractivity contribution >= 4 is 11.4 Å². The van der Waals surface area contributed by atoms with E-state index in [4.69, 9.17) is 5.73 Å². The molecular formula is C18H21N3O. The van der Waals surface area contributed by atoms with E-state index in [0.717, 1.165) is 26.2 Å². The van der Waals surface area contributed by atoms with Gasteiger partial charge in [0.2, 0.25) is 0 Å². The standard InChI is InChI=1S/C18H21N3O/c19-9-14-1-3-15(4-2-14)20-10-18(11-20)12-21(13-18)16-5-7-17(22)8-6-16/h1-8,22H,9-13,19H2. The molecule has 2 aromatic carbocycles. The van der Waals surface area contributed by atoms with Gasteiger partial charge in [0.1, 0.15) is 5.75 Å². The van der Waals surface area contributed by atoms with Gasteiger partial charge in [-0.25, -0.2) is 0 Å². The van der Waals surface area contributed by atoms with Crippen LogP contribution in [0.1, 0.15) is 5.56 Å². The summed E-state index contributed by atoms with van der Waals surface area (Å²) in [4.78, 5) is 4.82. The maximum atomic E-state index is 9.35. The summed E-state index contributed by atoms with van der Waals surface area (Å²) in [5.74, 6) is 0.328. The Morgan fingerprint density at radius 2 is 1.27 bits per heavy atom. The van der Waals surface area contributed by atoms with Crippen LogP contribution in [0.5, 0.6) is 5.75 Å². The summed E-state index contributed by atoms with van der Waals surface area (Å²) in [5.41, 5.74) is 9.77. The Morgan fingerprint density at radius 3 is 1.73 bits per heavy atom. The first-order valence-electron chi connectivity index (χ1n) is 7.75. The molecule has 3 N–H and O–H groups in total. The third kappa shape index (κ3) is 2.20. The molecule has 0 aliphatic carbocycles. The maximum Gasteiger partial charge on any atom is 0.115 e. The van der Waals surface area contributed by atoms with Crippen LogP contribution in [0.15, 0.2) is 48.5 Å². The number of aromatic hydroxyl groups is 1. The number of nitrogens with zero attached hydrogens (tertiary/aromatic N) is 2. The van der Waals surface area contributed by atoms with Crippen molar-refractivity contribution in [1.82, 2.24) is 0 Å². The fraction of sp³-hybridized carbons (Fsp3) is 0.333. The molecule has 2 aromatic rings. The zero-order valence-electron chi connectivity index (χ0n) is 12.6. The summed E-state index contributed by atoms with van der Waals surface area (Å²) in [7, 11) is 0. The van der Waals surface area contributed by atoms with Gasteiger partial charge in [0, 0.05) is 49.5 Å². The molecule has 0 atom stereocenters. The first kappa shape index (κ1) is 13.5. The summed E-state index contributed by atoms with van der Waals surface area (Å²) < 4.78 is 0. The molecule has 2 aliphatic heterocycles. The van der Waals surface area contributed by atoms with Gasteiger partial charge in [0.05, 0.1) is 0 Å². The van der Waals surface area contributed by atoms with E-state index in [1.54, 1.807) is 12.1 Å². The van der Waals surface area contributed by atoms with Crippen LogP contribution in [0.25, 0.3) is 0 Å². The van der Waals surface area contributed by atoms with Crippen molar-refractivity contribution in [3.05, 3.63) is 54.1 Å². The van der Waals surface area contributed by atoms with Gasteiger partial charge in [-0.1, -0.05) is 12.1 Å². The van der Waals surface area contributed by atoms with E-state index in [9.17, 15) is 5.11 Å². The molecule has 0 unspecified atom stereocenters. The van der Waals surface area contributed by atoms with Crippen LogP contribution < -0.4 is 15.5 Å². The Bertz CT molecular complexity index is 652. The van der Waals surface area contributed by atoms with E-state index >= 15 is 0 Å². The highest BCUT2D eigenvalue weighted by molar-refractivity contribution is 5.57. The van der Waals surface area contributed by atoms with Crippen molar-refractivity contribution in [2.75, 3.05) is 36.0 Å². The van der Waals surface area contributed by atoms with Crippen LogP contribution in [0.4, 0.5) is 11.4 Å². The van der Waals surface area contributed by atoms with Crippen molar-refractivity contribution in [3.63, 3.8) is 0 Å². The lowest BCUT2D eigenvalue weighted by molar-refractivity contribution is 0.157. The number of hydrogen-bond acceptors (Lipinski definition) is 4. The monoisotopic (exact) mass is 295 g/mol. The highest BCUT2D eigenvalue weighted by Crippen LogP contribution is 2.43. The van der Waals surface area contributed by atoms with Crippen LogP contribution in [0.2, 0.25) is 0 Å². The molecule has 2 saturated heterocycles. The smallest absolute Gasteiger partial charge is 0.115 e. The number of nitrogens with two attached hydrogens (primary N) is 1. The van der Waals surface area contributed by atoms with Crippen molar-refractivity contribution in [2.24, 2.45) is 11.1 Å². The average molecular weight is 295 g/mol. The summed E-state index contributed by atoms with van der Waals surface area (Å²) in [5, 5.41) is 9.35. The normalized spacial score (nSPS) is 19.0. The number of phenolic OH excluding ortho intramolecular Hbond substituents is 1. The molecule has 4 heteroatoms. The summed E-state index contributed by atoms with van der Waals surface area (Å²) in [6, 6.07) is 16.1. The zero-order chi connectivity index (χ0) is 15.2. The fourth-order valence-electron chi connectivity index (χ4n) is 3.60. The van der Waals surface area contributed by atoms with Crippen molar-refractivity contribution in [1.29, 1.82) is 0 Å². The number of phenols is 1. The van der Waals surface area contributed by atoms with Gasteiger partial charge in [-0.05, 0) is 42.0 Å². The molecule has 22 heavy (non-hydrogen) atoms. The number of anilines is 2. The predicted molar refractivity (Wildman–Crippen MR) is 89.3 cm³/mol. The fourth-order valence-corrected chi connectivity index (χ4v) is 3.60. The highest BCUT2D eigenvalue weighted by atomic mass is 16.3. The SMILES string of the molecule is NCc1ccc(N2CC3(CN(c4ccc(O)cc4)C3)C2)cc1. The Hall–Kier alpha value is -2.20. The molecule has 2 heterocycles. The largest absolute Gasteiger partial charge is 0.508 e. The molecule has 0 aromatic heterocycles. The van der Waals surface area contributed by atoms with Gasteiger partial charge in [-0.15, -0.1) is 0 Å². The predicted octanol–water partition coefficient (Wildman–Crippen LogP) is 2.18. The van der Waals surface area contributed by atoms with Crippen molar-refractivity contribution in [2.45, 2.75) is 6.54 Å². The Kier molecular flexibility index (Phi) is 3.01. The summed E-state index contributed by atoms with van der Waals surface area (Å²) in [6.07, 6.45) is 0. The highest BCUT2D eigenvalue weighted by Gasteiger charge is 2.51. The van der Waals surface area contributed by atoms with E-state index in [1.807, 2.05) is 12.1 Å². The number of benzene rings is 2. The topological polar surface area (TPSA) is 52.7 Å². The Labute approximate surface area is 130 Å². The third-order valence-electron chi connectivity index (χ3n) is 4.86. The summed E-state index contributed by atoms with van der Waals surface area (Å²) >= 11 is 0. The molecule has 0 radical (unpaired) electrons. The maximum absolute atomic E-state index is 9.35. The molecule has 2 aliphatic rings. The average Bonchev–Trinajstić information content (AvgIpc) is 2.47. The lowest BCUT2D eigenvalue weighted by Gasteiger charge is -2.61. The first-order chi connectivity index (χ1) is 10.7. The van der Waals surface area contributed by atoms with Crippen LogP contribution in [0, 0.1) is 5.41 Å². The Morgan fingerprint density at radius 1 is 0.818 bits per heavy atom. The van der Waals surface area contributed by atoms with E-state index in [0.29, 0.717) is 17.7 Å². The second kappa shape index (κ2) is 4.92. The lowest BCUT2D eigenvalue weighted by Crippen LogP contribution is -2.72. The van der Waals surface area contributed by atoms with Gasteiger partial charge >= 0.3 is 0 Å². The molecule has 0 bridgehead atoms. The van der Waals surface area contributed by atoms with E-state index in [-0.39, 0.29) is 0 Å². The lowest BCUT2D eigenvalue weighted by atomic mass is 9.72. The molecule has 0 amide bonds. The van der Waals surface area contributed by atoms with Crippen molar-refractivity contribution < 1.29 is 5.11 Å². The van der Waals surface area contributed by atoms with E-state index in [1.165, 1.54) is 16.9 Å². The van der Waals surface area contributed by atoms with Crippen molar-refractivity contribution in [3.8, 4) is 5.75 Å². The zero-order valence-corrected chi connectivity index (χ0v) is 12.6. The molecule has 1 spiro atoms. The van der Waals surface area contributed by atoms with Gasteiger partial charge in [-0.2, -0.15) is 0 Å². The number of rotatable bonds is 3.